The Morgan fingerprint density at radius 3 is 0.988 bits per heavy atom. The molecule has 2 aliphatic carbocycles. The molecule has 0 aliphatic heterocycles. The van der Waals surface area contributed by atoms with Gasteiger partial charge in [-0.15, -0.1) is 0 Å². The van der Waals surface area contributed by atoms with Crippen molar-refractivity contribution in [3.8, 4) is 44.5 Å². The maximum Gasteiger partial charge on any atom is 0.0540 e. The lowest BCUT2D eigenvalue weighted by Gasteiger charge is -2.30. The first-order valence-corrected chi connectivity index (χ1v) is 28.1. The maximum atomic E-state index is 2.43. The van der Waals surface area contributed by atoms with Crippen LogP contribution in [-0.4, -0.2) is 0 Å². The van der Waals surface area contributed by atoms with E-state index >= 15 is 0 Å². The zero-order valence-electron chi connectivity index (χ0n) is 46.5. The van der Waals surface area contributed by atoms with Crippen LogP contribution in [0.15, 0.2) is 255 Å². The van der Waals surface area contributed by atoms with Gasteiger partial charge in [0.2, 0.25) is 0 Å². The molecule has 386 valence electrons. The predicted molar refractivity (Wildman–Crippen MR) is 342 cm³/mol. The number of aryl methyl sites for hydroxylation is 2. The molecule has 0 unspecified atom stereocenters. The van der Waals surface area contributed by atoms with Gasteiger partial charge in [-0.2, -0.15) is 0 Å². The van der Waals surface area contributed by atoms with Crippen molar-refractivity contribution in [3.05, 3.63) is 310 Å². The molecule has 11 aromatic rings. The fraction of sp³-hybridized carbons (Fsp3) is 0.103. The number of fused-ring (bicyclic) bond motifs is 6. The average Bonchev–Trinajstić information content (AvgIpc) is 3.88. The molecule has 0 aromatic heterocycles. The van der Waals surface area contributed by atoms with Gasteiger partial charge in [-0.1, -0.05) is 246 Å². The van der Waals surface area contributed by atoms with Crippen LogP contribution in [0.4, 0.5) is 34.1 Å². The molecule has 13 rings (SSSR count). The third kappa shape index (κ3) is 9.17. The largest absolute Gasteiger partial charge is 0.310 e. The van der Waals surface area contributed by atoms with Crippen molar-refractivity contribution in [1.29, 1.82) is 0 Å². The van der Waals surface area contributed by atoms with Crippen molar-refractivity contribution in [2.75, 3.05) is 9.80 Å². The number of hydrogen-bond acceptors (Lipinski definition) is 2. The first-order valence-electron chi connectivity index (χ1n) is 28.1. The lowest BCUT2D eigenvalue weighted by Crippen LogP contribution is -2.17. The molecule has 2 aliphatic rings. The number of para-hydroxylation sites is 2. The molecule has 80 heavy (non-hydrogen) atoms. The summed E-state index contributed by atoms with van der Waals surface area (Å²) in [5.74, 6) is 0. The second-order valence-corrected chi connectivity index (χ2v) is 22.8. The van der Waals surface area contributed by atoms with E-state index in [9.17, 15) is 0 Å². The van der Waals surface area contributed by atoms with Gasteiger partial charge in [-0.3, -0.25) is 0 Å². The lowest BCUT2D eigenvalue weighted by molar-refractivity contribution is 0.660. The normalized spacial score (nSPS) is 13.5. The highest BCUT2D eigenvalue weighted by Gasteiger charge is 2.38. The summed E-state index contributed by atoms with van der Waals surface area (Å²) >= 11 is 0. The number of rotatable bonds is 12. The summed E-state index contributed by atoms with van der Waals surface area (Å²) in [5.41, 5.74) is 29.1. The first-order chi connectivity index (χ1) is 39.0. The summed E-state index contributed by atoms with van der Waals surface area (Å²) in [6.45, 7) is 13.9. The quantitative estimate of drug-likeness (QED) is 0.113. The van der Waals surface area contributed by atoms with Crippen LogP contribution >= 0.6 is 0 Å². The molecule has 0 saturated carbocycles. The number of nitrogens with zero attached hydrogens (tertiary/aromatic N) is 2. The van der Waals surface area contributed by atoms with Crippen LogP contribution in [0.25, 0.3) is 68.8 Å². The molecule has 0 bridgehead atoms. The van der Waals surface area contributed by atoms with Crippen LogP contribution in [0.3, 0.4) is 0 Å². The third-order valence-corrected chi connectivity index (χ3v) is 16.7. The van der Waals surface area contributed by atoms with E-state index in [2.05, 4.69) is 330 Å². The summed E-state index contributed by atoms with van der Waals surface area (Å²) < 4.78 is 0. The van der Waals surface area contributed by atoms with Gasteiger partial charge < -0.3 is 9.80 Å². The van der Waals surface area contributed by atoms with E-state index in [1.54, 1.807) is 0 Å². The molecule has 0 saturated heterocycles. The van der Waals surface area contributed by atoms with Crippen molar-refractivity contribution in [2.45, 2.75) is 52.4 Å². The monoisotopic (exact) mass is 1030 g/mol. The predicted octanol–water partition coefficient (Wildman–Crippen LogP) is 21.5. The lowest BCUT2D eigenvalue weighted by atomic mass is 9.81. The Hall–Kier alpha value is -9.50. The van der Waals surface area contributed by atoms with Crippen LogP contribution in [0.5, 0.6) is 0 Å². The van der Waals surface area contributed by atoms with Gasteiger partial charge in [-0.25, -0.2) is 0 Å². The summed E-state index contributed by atoms with van der Waals surface area (Å²) in [6, 6.07) is 93.7. The van der Waals surface area contributed by atoms with E-state index in [0.717, 1.165) is 34.1 Å². The van der Waals surface area contributed by atoms with Crippen LogP contribution in [0.2, 0.25) is 0 Å². The molecule has 2 heteroatoms. The molecular weight excluding hydrogens is 965 g/mol. The van der Waals surface area contributed by atoms with Crippen molar-refractivity contribution in [2.24, 2.45) is 0 Å². The molecule has 0 amide bonds. The van der Waals surface area contributed by atoms with Crippen molar-refractivity contribution < 1.29 is 0 Å². The van der Waals surface area contributed by atoms with E-state index in [1.165, 1.54) is 100 Å². The highest BCUT2D eigenvalue weighted by atomic mass is 15.2. The van der Waals surface area contributed by atoms with E-state index in [4.69, 9.17) is 0 Å². The first kappa shape index (κ1) is 50.0. The van der Waals surface area contributed by atoms with Gasteiger partial charge in [0.1, 0.15) is 0 Å². The minimum Gasteiger partial charge on any atom is -0.310 e. The number of benzene rings is 11. The maximum absolute atomic E-state index is 2.43. The van der Waals surface area contributed by atoms with Gasteiger partial charge in [0.05, 0.1) is 11.4 Å². The Balaban J connectivity index is 0.730. The number of hydrogen-bond donors (Lipinski definition) is 0. The van der Waals surface area contributed by atoms with Crippen LogP contribution in [0, 0.1) is 13.8 Å². The van der Waals surface area contributed by atoms with Gasteiger partial charge in [0.15, 0.2) is 0 Å². The molecule has 0 atom stereocenters. The Morgan fingerprint density at radius 1 is 0.263 bits per heavy atom. The van der Waals surface area contributed by atoms with E-state index in [-0.39, 0.29) is 10.8 Å². The highest BCUT2D eigenvalue weighted by Crippen LogP contribution is 2.54. The van der Waals surface area contributed by atoms with E-state index < -0.39 is 0 Å². The number of anilines is 6. The SMILES string of the molecule is Cc1cccc(N(c2ccc3c(c2)C(C)(C)c2cc(C=Cc4ccc(C=Cc5ccc6c(c5)C(C)(C)c5cc(N(c7cccc(C)c7)c7ccccc7-c7ccccc7)ccc5-6)cc4)ccc2-3)c2ccccc2-c2ccccc2)c1. The standard InChI is InChI=1S/C78H64N2/c1-53-19-17-25-61(47-53)79(75-29-15-13-27-65(75)59-21-9-7-10-22-59)63-41-45-69-67-43-39-57(49-71(67)77(3,4)73(69)51-63)37-35-55-31-33-56(34-32-55)36-38-58-40-44-68-70-46-42-64(52-74(70)78(5,6)72(68)50-58)80(62-26-18-20-54(2)48-62)76-30-16-14-28-66(76)60-23-11-8-12-24-60/h7-52H,1-6H3. The van der Waals surface area contributed by atoms with Gasteiger partial charge in [0, 0.05) is 44.7 Å². The molecule has 0 spiro atoms. The third-order valence-electron chi connectivity index (χ3n) is 16.7. The summed E-state index contributed by atoms with van der Waals surface area (Å²) in [6.07, 6.45) is 8.99. The summed E-state index contributed by atoms with van der Waals surface area (Å²) in [5, 5.41) is 0. The fourth-order valence-corrected chi connectivity index (χ4v) is 12.5. The molecule has 0 radical (unpaired) electrons. The van der Waals surface area contributed by atoms with Crippen LogP contribution in [0.1, 0.15) is 83.3 Å². The smallest absolute Gasteiger partial charge is 0.0540 e. The Bertz CT molecular complexity index is 3920. The zero-order chi connectivity index (χ0) is 54.5. The van der Waals surface area contributed by atoms with Crippen LogP contribution < -0.4 is 9.80 Å². The zero-order valence-corrected chi connectivity index (χ0v) is 46.5. The topological polar surface area (TPSA) is 6.48 Å². The summed E-state index contributed by atoms with van der Waals surface area (Å²) in [4.78, 5) is 4.86. The minimum atomic E-state index is -0.197. The van der Waals surface area contributed by atoms with E-state index in [0.29, 0.717) is 0 Å². The molecule has 2 nitrogen and oxygen atoms in total. The Kier molecular flexibility index (Phi) is 12.7. The van der Waals surface area contributed by atoms with Gasteiger partial charge >= 0.3 is 0 Å². The fourth-order valence-electron chi connectivity index (χ4n) is 12.5. The summed E-state index contributed by atoms with van der Waals surface area (Å²) in [7, 11) is 0. The van der Waals surface area contributed by atoms with Gasteiger partial charge in [0.25, 0.3) is 0 Å². The van der Waals surface area contributed by atoms with Gasteiger partial charge in [-0.05, 0) is 164 Å². The van der Waals surface area contributed by atoms with E-state index in [1.807, 2.05) is 0 Å². The van der Waals surface area contributed by atoms with Crippen molar-refractivity contribution in [3.63, 3.8) is 0 Å². The molecule has 0 N–H and O–H groups in total. The van der Waals surface area contributed by atoms with Crippen molar-refractivity contribution >= 4 is 58.4 Å². The second kappa shape index (κ2) is 20.4. The van der Waals surface area contributed by atoms with Crippen LogP contribution in [-0.2, 0) is 10.8 Å². The average molecular weight is 1030 g/mol. The molecular formula is C78H64N2. The molecule has 11 aromatic carbocycles. The molecule has 0 heterocycles. The Morgan fingerprint density at radius 2 is 0.588 bits per heavy atom. The Labute approximate surface area is 473 Å². The highest BCUT2D eigenvalue weighted by molar-refractivity contribution is 5.93. The molecule has 0 fully saturated rings. The van der Waals surface area contributed by atoms with Crippen molar-refractivity contribution in [1.82, 2.24) is 0 Å². The minimum absolute atomic E-state index is 0.197. The second-order valence-electron chi connectivity index (χ2n) is 22.8.